The van der Waals surface area contributed by atoms with Crippen LogP contribution in [0.3, 0.4) is 0 Å². The quantitative estimate of drug-likeness (QED) is 0.341. The SMILES string of the molecule is CN=C(NCC(=O)Nc1ccc(F)cc1)NC(C)c1ccc(C)c(F)c1.I. The maximum absolute atomic E-state index is 13.7. The molecule has 2 aromatic carbocycles. The lowest BCUT2D eigenvalue weighted by Gasteiger charge is -2.18. The van der Waals surface area contributed by atoms with Gasteiger partial charge in [0.1, 0.15) is 11.6 Å². The molecule has 0 aromatic heterocycles. The molecule has 0 bridgehead atoms. The first-order valence-electron chi connectivity index (χ1n) is 8.17. The first kappa shape index (κ1) is 22.8. The highest BCUT2D eigenvalue weighted by Crippen LogP contribution is 2.16. The van der Waals surface area contributed by atoms with E-state index in [-0.39, 0.29) is 54.1 Å². The molecule has 27 heavy (non-hydrogen) atoms. The second-order valence-corrected chi connectivity index (χ2v) is 5.86. The maximum atomic E-state index is 13.7. The molecule has 3 N–H and O–H groups in total. The number of aryl methyl sites for hydroxylation is 1. The zero-order valence-corrected chi connectivity index (χ0v) is 17.7. The summed E-state index contributed by atoms with van der Waals surface area (Å²) in [6.45, 7) is 3.55. The van der Waals surface area contributed by atoms with Gasteiger partial charge in [0.15, 0.2) is 5.96 Å². The highest BCUT2D eigenvalue weighted by molar-refractivity contribution is 14.0. The molecule has 0 fully saturated rings. The summed E-state index contributed by atoms with van der Waals surface area (Å²) in [4.78, 5) is 16.0. The van der Waals surface area contributed by atoms with Crippen molar-refractivity contribution in [2.24, 2.45) is 4.99 Å². The van der Waals surface area contributed by atoms with E-state index >= 15 is 0 Å². The van der Waals surface area contributed by atoms with Crippen molar-refractivity contribution >= 4 is 41.5 Å². The van der Waals surface area contributed by atoms with Crippen LogP contribution in [0.4, 0.5) is 14.5 Å². The molecule has 0 aliphatic heterocycles. The van der Waals surface area contributed by atoms with Gasteiger partial charge in [-0.1, -0.05) is 12.1 Å². The topological polar surface area (TPSA) is 65.5 Å². The van der Waals surface area contributed by atoms with Crippen LogP contribution in [0, 0.1) is 18.6 Å². The summed E-state index contributed by atoms with van der Waals surface area (Å²) in [5.41, 5.74) is 1.86. The molecule has 0 saturated heterocycles. The number of hydrogen-bond acceptors (Lipinski definition) is 2. The van der Waals surface area contributed by atoms with Crippen LogP contribution in [0.15, 0.2) is 47.5 Å². The highest BCUT2D eigenvalue weighted by atomic mass is 127. The van der Waals surface area contributed by atoms with Crippen molar-refractivity contribution < 1.29 is 13.6 Å². The number of amides is 1. The fourth-order valence-electron chi connectivity index (χ4n) is 2.26. The molecule has 0 aliphatic carbocycles. The average Bonchev–Trinajstić information content (AvgIpc) is 2.62. The van der Waals surface area contributed by atoms with Crippen LogP contribution in [0.5, 0.6) is 0 Å². The van der Waals surface area contributed by atoms with Crippen molar-refractivity contribution in [3.05, 3.63) is 65.2 Å². The fourth-order valence-corrected chi connectivity index (χ4v) is 2.26. The van der Waals surface area contributed by atoms with E-state index in [1.807, 2.05) is 13.0 Å². The van der Waals surface area contributed by atoms with Crippen LogP contribution in [-0.4, -0.2) is 25.5 Å². The van der Waals surface area contributed by atoms with Crippen molar-refractivity contribution in [2.45, 2.75) is 19.9 Å². The predicted octanol–water partition coefficient (Wildman–Crippen LogP) is 3.76. The van der Waals surface area contributed by atoms with Gasteiger partial charge in [-0.15, -0.1) is 24.0 Å². The van der Waals surface area contributed by atoms with Crippen molar-refractivity contribution in [1.29, 1.82) is 0 Å². The van der Waals surface area contributed by atoms with Crippen LogP contribution in [-0.2, 0) is 4.79 Å². The predicted molar refractivity (Wildman–Crippen MR) is 114 cm³/mol. The van der Waals surface area contributed by atoms with Gasteiger partial charge in [0.05, 0.1) is 12.6 Å². The van der Waals surface area contributed by atoms with Crippen LogP contribution in [0.25, 0.3) is 0 Å². The van der Waals surface area contributed by atoms with Gasteiger partial charge in [0.2, 0.25) is 5.91 Å². The third-order valence-corrected chi connectivity index (χ3v) is 3.82. The van der Waals surface area contributed by atoms with E-state index in [0.717, 1.165) is 5.56 Å². The van der Waals surface area contributed by atoms with E-state index in [2.05, 4.69) is 20.9 Å². The second kappa shape index (κ2) is 10.8. The molecule has 146 valence electrons. The smallest absolute Gasteiger partial charge is 0.243 e. The summed E-state index contributed by atoms with van der Waals surface area (Å²) in [6.07, 6.45) is 0. The summed E-state index contributed by atoms with van der Waals surface area (Å²) < 4.78 is 26.6. The van der Waals surface area contributed by atoms with Gasteiger partial charge in [0, 0.05) is 12.7 Å². The molecule has 8 heteroatoms. The molecule has 0 saturated carbocycles. The van der Waals surface area contributed by atoms with E-state index in [1.165, 1.54) is 30.3 Å². The fraction of sp³-hybridized carbons (Fsp3) is 0.263. The minimum atomic E-state index is -0.368. The Morgan fingerprint density at radius 3 is 2.41 bits per heavy atom. The third kappa shape index (κ3) is 7.12. The summed E-state index contributed by atoms with van der Waals surface area (Å²) in [5, 5.41) is 8.63. The summed E-state index contributed by atoms with van der Waals surface area (Å²) in [7, 11) is 1.58. The van der Waals surface area contributed by atoms with Crippen molar-refractivity contribution in [3.63, 3.8) is 0 Å². The van der Waals surface area contributed by atoms with Crippen molar-refractivity contribution in [1.82, 2.24) is 10.6 Å². The van der Waals surface area contributed by atoms with Gasteiger partial charge in [-0.3, -0.25) is 9.79 Å². The van der Waals surface area contributed by atoms with Gasteiger partial charge in [-0.25, -0.2) is 8.78 Å². The number of nitrogens with one attached hydrogen (secondary N) is 3. The molecule has 0 spiro atoms. The van der Waals surface area contributed by atoms with E-state index in [1.54, 1.807) is 20.0 Å². The first-order chi connectivity index (χ1) is 12.4. The van der Waals surface area contributed by atoms with E-state index < -0.39 is 0 Å². The molecule has 0 aliphatic rings. The van der Waals surface area contributed by atoms with E-state index in [4.69, 9.17) is 0 Å². The molecular weight excluding hydrogens is 465 g/mol. The average molecular weight is 488 g/mol. The number of halogens is 3. The van der Waals surface area contributed by atoms with Gasteiger partial charge in [-0.05, 0) is 55.3 Å². The summed E-state index contributed by atoms with van der Waals surface area (Å²) in [6, 6.07) is 10.3. The molecule has 1 unspecified atom stereocenters. The number of guanidine groups is 1. The molecule has 0 heterocycles. The Hall–Kier alpha value is -2.23. The monoisotopic (exact) mass is 488 g/mol. The molecule has 1 amide bonds. The molecular formula is C19H23F2IN4O. The Morgan fingerprint density at radius 2 is 1.81 bits per heavy atom. The molecule has 2 rings (SSSR count). The molecule has 2 aromatic rings. The lowest BCUT2D eigenvalue weighted by Crippen LogP contribution is -2.42. The van der Waals surface area contributed by atoms with Gasteiger partial charge in [-0.2, -0.15) is 0 Å². The van der Waals surface area contributed by atoms with Crippen molar-refractivity contribution in [3.8, 4) is 0 Å². The first-order valence-corrected chi connectivity index (χ1v) is 8.17. The van der Waals surface area contributed by atoms with Gasteiger partial charge >= 0.3 is 0 Å². The van der Waals surface area contributed by atoms with Crippen LogP contribution < -0.4 is 16.0 Å². The van der Waals surface area contributed by atoms with Crippen molar-refractivity contribution in [2.75, 3.05) is 18.9 Å². The molecule has 5 nitrogen and oxygen atoms in total. The van der Waals surface area contributed by atoms with Gasteiger partial charge < -0.3 is 16.0 Å². The zero-order valence-electron chi connectivity index (χ0n) is 15.3. The Bertz CT molecular complexity index is 797. The number of benzene rings is 2. The standard InChI is InChI=1S/C19H22F2N4O.HI/c1-12-4-5-14(10-17(12)21)13(2)24-19(22-3)23-11-18(26)25-16-8-6-15(20)7-9-16;/h4-10,13H,11H2,1-3H3,(H,25,26)(H2,22,23,24);1H. The van der Waals surface area contributed by atoms with Crippen LogP contribution in [0.1, 0.15) is 24.1 Å². The van der Waals surface area contributed by atoms with E-state index in [9.17, 15) is 13.6 Å². The van der Waals surface area contributed by atoms with Crippen LogP contribution in [0.2, 0.25) is 0 Å². The maximum Gasteiger partial charge on any atom is 0.243 e. The third-order valence-electron chi connectivity index (χ3n) is 3.82. The molecule has 0 radical (unpaired) electrons. The van der Waals surface area contributed by atoms with E-state index in [0.29, 0.717) is 17.2 Å². The number of rotatable bonds is 5. The Morgan fingerprint density at radius 1 is 1.15 bits per heavy atom. The number of carbonyl (C=O) groups is 1. The summed E-state index contributed by atoms with van der Waals surface area (Å²) >= 11 is 0. The molecule has 1 atom stereocenters. The number of anilines is 1. The minimum Gasteiger partial charge on any atom is -0.350 e. The highest BCUT2D eigenvalue weighted by Gasteiger charge is 2.11. The lowest BCUT2D eigenvalue weighted by molar-refractivity contribution is -0.115. The normalized spacial score (nSPS) is 12.0. The lowest BCUT2D eigenvalue weighted by atomic mass is 10.1. The zero-order chi connectivity index (χ0) is 19.1. The number of hydrogen-bond donors (Lipinski definition) is 3. The minimum absolute atomic E-state index is 0. The largest absolute Gasteiger partial charge is 0.350 e. The van der Waals surface area contributed by atoms with Crippen LogP contribution >= 0.6 is 24.0 Å². The second-order valence-electron chi connectivity index (χ2n) is 5.86. The number of aliphatic imine (C=N–C) groups is 1. The number of nitrogens with zero attached hydrogens (tertiary/aromatic N) is 1. The Balaban J connectivity index is 0.00000364. The number of carbonyl (C=O) groups excluding carboxylic acids is 1. The summed E-state index contributed by atoms with van der Waals surface area (Å²) in [5.74, 6) is -0.522. The Labute approximate surface area is 174 Å². The van der Waals surface area contributed by atoms with Gasteiger partial charge in [0.25, 0.3) is 0 Å². The Kier molecular flexibility index (Phi) is 9.13.